The third-order valence-corrected chi connectivity index (χ3v) is 9.58. The van der Waals surface area contributed by atoms with E-state index in [1.165, 1.54) is 27.8 Å². The van der Waals surface area contributed by atoms with E-state index in [0.717, 1.165) is 44.9 Å². The predicted octanol–water partition coefficient (Wildman–Crippen LogP) is 9.22. The summed E-state index contributed by atoms with van der Waals surface area (Å²) in [4.78, 5) is 0. The maximum atomic E-state index is 6.87. The molecule has 1 spiro atoms. The second-order valence-corrected chi connectivity index (χ2v) is 12.2. The van der Waals surface area contributed by atoms with Gasteiger partial charge in [-0.3, -0.25) is 5.01 Å². The second kappa shape index (κ2) is 10.7. The van der Waals surface area contributed by atoms with Crippen molar-refractivity contribution < 1.29 is 4.74 Å². The minimum atomic E-state index is -0.503. The van der Waals surface area contributed by atoms with Crippen LogP contribution in [0.1, 0.15) is 38.9 Å². The molecule has 0 fully saturated rings. The molecule has 0 unspecified atom stereocenters. The van der Waals surface area contributed by atoms with Gasteiger partial charge >= 0.3 is 0 Å². The van der Waals surface area contributed by atoms with Crippen molar-refractivity contribution >= 4 is 17.0 Å². The predicted molar refractivity (Wildman–Crippen MR) is 190 cm³/mol. The average Bonchev–Trinajstić information content (AvgIpc) is 3.42. The van der Waals surface area contributed by atoms with Crippen molar-refractivity contribution in [2.45, 2.75) is 5.41 Å². The molecule has 2 N–H and O–H groups in total. The van der Waals surface area contributed by atoms with Crippen LogP contribution in [-0.4, -0.2) is 17.4 Å². The first kappa shape index (κ1) is 27.2. The minimum Gasteiger partial charge on any atom is -0.457 e. The number of rotatable bonds is 4. The van der Waals surface area contributed by atoms with E-state index in [1.54, 1.807) is 0 Å². The molecule has 3 aliphatic rings. The zero-order valence-electron chi connectivity index (χ0n) is 25.7. The number of para-hydroxylation sites is 2. The summed E-state index contributed by atoms with van der Waals surface area (Å²) in [6, 6.07) is 53.0. The Bertz CT molecular complexity index is 2220. The van der Waals surface area contributed by atoms with Gasteiger partial charge in [0.1, 0.15) is 11.5 Å². The van der Waals surface area contributed by atoms with Crippen LogP contribution in [0.5, 0.6) is 11.5 Å². The maximum absolute atomic E-state index is 6.87. The van der Waals surface area contributed by atoms with Crippen LogP contribution >= 0.6 is 0 Å². The van der Waals surface area contributed by atoms with E-state index < -0.39 is 5.41 Å². The molecule has 47 heavy (non-hydrogen) atoms. The van der Waals surface area contributed by atoms with Crippen molar-refractivity contribution in [2.24, 2.45) is 10.8 Å². The Morgan fingerprint density at radius 1 is 0.596 bits per heavy atom. The monoisotopic (exact) mass is 605 g/mol. The van der Waals surface area contributed by atoms with Gasteiger partial charge in [0.15, 0.2) is 5.84 Å². The molecule has 0 aromatic heterocycles. The van der Waals surface area contributed by atoms with E-state index in [-0.39, 0.29) is 0 Å². The smallest absolute Gasteiger partial charge is 0.151 e. The molecule has 2 heterocycles. The molecule has 0 amide bonds. The molecule has 6 aromatic rings. The summed E-state index contributed by atoms with van der Waals surface area (Å²) in [5, 5.41) is 6.97. The lowest BCUT2D eigenvalue weighted by atomic mass is 9.66. The van der Waals surface area contributed by atoms with Gasteiger partial charge in [0.05, 0.1) is 12.0 Å². The Kier molecular flexibility index (Phi) is 6.22. The fourth-order valence-corrected chi connectivity index (χ4v) is 7.55. The number of allylic oxidation sites excluding steroid dienone is 2. The summed E-state index contributed by atoms with van der Waals surface area (Å²) in [6.45, 7) is 0.617. The van der Waals surface area contributed by atoms with Gasteiger partial charge in [-0.2, -0.15) is 5.10 Å². The first-order chi connectivity index (χ1) is 23.2. The molecule has 0 radical (unpaired) electrons. The highest BCUT2D eigenvalue weighted by atomic mass is 16.5. The minimum absolute atomic E-state index is 0.469. The van der Waals surface area contributed by atoms with E-state index in [2.05, 4.69) is 140 Å². The van der Waals surface area contributed by atoms with Crippen LogP contribution in [0.2, 0.25) is 0 Å². The highest BCUT2D eigenvalue weighted by Crippen LogP contribution is 2.61. The fraction of sp³-hybridized carbons (Fsp3) is 0.0465. The quantitative estimate of drug-likeness (QED) is 0.161. The molecule has 0 atom stereocenters. The van der Waals surface area contributed by atoms with Crippen molar-refractivity contribution in [3.63, 3.8) is 0 Å². The Morgan fingerprint density at radius 3 is 1.87 bits per heavy atom. The summed E-state index contributed by atoms with van der Waals surface area (Å²) in [6.07, 6.45) is 4.34. The van der Waals surface area contributed by atoms with E-state index in [1.807, 2.05) is 29.3 Å². The summed E-state index contributed by atoms with van der Waals surface area (Å²) in [7, 11) is 0. The van der Waals surface area contributed by atoms with Gasteiger partial charge in [0, 0.05) is 22.9 Å². The third-order valence-electron chi connectivity index (χ3n) is 9.58. The topological polar surface area (TPSA) is 50.8 Å². The highest BCUT2D eigenvalue weighted by Gasteiger charge is 2.50. The van der Waals surface area contributed by atoms with E-state index >= 15 is 0 Å². The van der Waals surface area contributed by atoms with Gasteiger partial charge in [-0.15, -0.1) is 0 Å². The molecular formula is C43H31N3O. The lowest BCUT2D eigenvalue weighted by molar-refractivity contribution is 0.436. The zero-order chi connectivity index (χ0) is 31.4. The number of hydrogen-bond donors (Lipinski definition) is 1. The van der Waals surface area contributed by atoms with Crippen LogP contribution in [0.4, 0.5) is 0 Å². The van der Waals surface area contributed by atoms with Crippen LogP contribution in [-0.2, 0) is 5.41 Å². The number of benzene rings is 6. The van der Waals surface area contributed by atoms with Crippen LogP contribution in [0.25, 0.3) is 22.3 Å². The Balaban J connectivity index is 1.17. The van der Waals surface area contributed by atoms with Crippen LogP contribution in [0, 0.1) is 0 Å². The summed E-state index contributed by atoms with van der Waals surface area (Å²) in [5.41, 5.74) is 18.9. The molecular weight excluding hydrogens is 574 g/mol. The second-order valence-electron chi connectivity index (χ2n) is 12.2. The highest BCUT2D eigenvalue weighted by molar-refractivity contribution is 6.00. The maximum Gasteiger partial charge on any atom is 0.151 e. The number of hydrazone groups is 1. The third kappa shape index (κ3) is 4.26. The zero-order valence-corrected chi connectivity index (χ0v) is 25.7. The van der Waals surface area contributed by atoms with Gasteiger partial charge in [-0.1, -0.05) is 133 Å². The molecule has 1 aliphatic carbocycles. The lowest BCUT2D eigenvalue weighted by Crippen LogP contribution is -2.32. The summed E-state index contributed by atoms with van der Waals surface area (Å²) >= 11 is 0. The SMILES string of the molecule is NC(=NN1C=C(c2ccccc2)C=C(c2ccccc2)C1)c1ccc2c(c1)-c1ccccc1C21c2ccccc2Oc2ccccc21. The normalized spacial score (nSPS) is 15.5. The lowest BCUT2D eigenvalue weighted by Gasteiger charge is -2.39. The first-order valence-corrected chi connectivity index (χ1v) is 16.0. The van der Waals surface area contributed by atoms with Crippen molar-refractivity contribution in [1.29, 1.82) is 0 Å². The van der Waals surface area contributed by atoms with Gasteiger partial charge in [-0.05, 0) is 68.8 Å². The van der Waals surface area contributed by atoms with Crippen molar-refractivity contribution in [2.75, 3.05) is 6.54 Å². The van der Waals surface area contributed by atoms with Crippen LogP contribution in [0.15, 0.2) is 169 Å². The molecule has 9 rings (SSSR count). The molecule has 0 saturated heterocycles. The van der Waals surface area contributed by atoms with Gasteiger partial charge in [0.25, 0.3) is 0 Å². The molecule has 0 bridgehead atoms. The number of nitrogens with two attached hydrogens (primary N) is 1. The van der Waals surface area contributed by atoms with E-state index in [4.69, 9.17) is 15.6 Å². The molecule has 224 valence electrons. The fourth-order valence-electron chi connectivity index (χ4n) is 7.55. The van der Waals surface area contributed by atoms with Gasteiger partial charge < -0.3 is 10.5 Å². The summed E-state index contributed by atoms with van der Waals surface area (Å²) in [5.74, 6) is 2.23. The van der Waals surface area contributed by atoms with Crippen molar-refractivity contribution in [1.82, 2.24) is 5.01 Å². The molecule has 0 saturated carbocycles. The Hall–Kier alpha value is -6.13. The van der Waals surface area contributed by atoms with Gasteiger partial charge in [0.2, 0.25) is 0 Å². The van der Waals surface area contributed by atoms with Crippen molar-refractivity contribution in [3.05, 3.63) is 203 Å². The number of amidine groups is 1. The number of ether oxygens (including phenoxy) is 1. The van der Waals surface area contributed by atoms with E-state index in [0.29, 0.717) is 12.4 Å². The molecule has 6 aromatic carbocycles. The first-order valence-electron chi connectivity index (χ1n) is 16.0. The number of nitrogens with zero attached hydrogens (tertiary/aromatic N) is 2. The average molecular weight is 606 g/mol. The molecule has 4 nitrogen and oxygen atoms in total. The summed E-state index contributed by atoms with van der Waals surface area (Å²) < 4.78 is 6.47. The van der Waals surface area contributed by atoms with Gasteiger partial charge in [-0.25, -0.2) is 0 Å². The number of hydrogen-bond acceptors (Lipinski definition) is 3. The van der Waals surface area contributed by atoms with Crippen LogP contribution in [0.3, 0.4) is 0 Å². The Morgan fingerprint density at radius 2 is 1.17 bits per heavy atom. The van der Waals surface area contributed by atoms with E-state index in [9.17, 15) is 0 Å². The Labute approximate surface area is 274 Å². The van der Waals surface area contributed by atoms with Crippen molar-refractivity contribution in [3.8, 4) is 22.6 Å². The standard InChI is InChI=1S/C43H31N3O/c44-42(45-46-27-32(29-13-3-1-4-14-29)25-33(28-46)30-15-5-2-6-16-30)31-23-24-37-35(26-31)34-17-7-8-18-36(34)43(37)38-19-9-11-21-40(38)47-41-22-12-10-20-39(41)43/h1-27H,28H2,(H2,44,45). The largest absolute Gasteiger partial charge is 0.457 e. The molecule has 4 heteroatoms. The molecule has 2 aliphatic heterocycles. The van der Waals surface area contributed by atoms with Crippen LogP contribution < -0.4 is 10.5 Å². The number of fused-ring (bicyclic) bond motifs is 9.